The van der Waals surface area contributed by atoms with Gasteiger partial charge in [0, 0.05) is 0 Å². The first-order chi connectivity index (χ1) is 5.00. The second kappa shape index (κ2) is 2.67. The summed E-state index contributed by atoms with van der Waals surface area (Å²) in [7, 11) is 0. The number of rotatable bonds is 1. The highest BCUT2D eigenvalue weighted by molar-refractivity contribution is 4.96. The summed E-state index contributed by atoms with van der Waals surface area (Å²) in [4.78, 5) is 0. The maximum atomic E-state index is 9.20. The van der Waals surface area contributed by atoms with Crippen molar-refractivity contribution in [2.24, 2.45) is 11.5 Å². The Morgan fingerprint density at radius 1 is 1.55 bits per heavy atom. The van der Waals surface area contributed by atoms with Gasteiger partial charge in [-0.15, -0.1) is 0 Å². The van der Waals surface area contributed by atoms with Crippen LogP contribution < -0.4 is 11.5 Å². The number of aliphatic hydroxyl groups excluding tert-OH is 2. The van der Waals surface area contributed by atoms with Crippen molar-refractivity contribution in [2.45, 2.75) is 24.2 Å². The van der Waals surface area contributed by atoms with Gasteiger partial charge in [0.15, 0.2) is 12.0 Å². The van der Waals surface area contributed by atoms with E-state index >= 15 is 0 Å². The molecular weight excluding hydrogens is 152 g/mol. The van der Waals surface area contributed by atoms with Gasteiger partial charge in [0.2, 0.25) is 0 Å². The first kappa shape index (κ1) is 8.85. The lowest BCUT2D eigenvalue weighted by Crippen LogP contribution is -2.59. The van der Waals surface area contributed by atoms with Crippen molar-refractivity contribution in [3.05, 3.63) is 0 Å². The van der Waals surface area contributed by atoms with Gasteiger partial charge in [-0.3, -0.25) is 5.73 Å². The van der Waals surface area contributed by atoms with Crippen LogP contribution in [0.4, 0.5) is 0 Å². The molecule has 0 bridgehead atoms. The smallest absolute Gasteiger partial charge is 0.182 e. The minimum atomic E-state index is -1.96. The minimum Gasteiger partial charge on any atom is -0.394 e. The Morgan fingerprint density at radius 3 is 2.27 bits per heavy atom. The average Bonchev–Trinajstić information content (AvgIpc) is 2.14. The molecule has 0 radical (unpaired) electrons. The van der Waals surface area contributed by atoms with Crippen molar-refractivity contribution < 1.29 is 20.1 Å². The van der Waals surface area contributed by atoms with Gasteiger partial charge in [0.05, 0.1) is 6.61 Å². The van der Waals surface area contributed by atoms with Crippen molar-refractivity contribution in [3.8, 4) is 0 Å². The monoisotopic (exact) mass is 164 g/mol. The molecule has 0 saturated carbocycles. The Bertz CT molecular complexity index is 151. The van der Waals surface area contributed by atoms with E-state index in [2.05, 4.69) is 0 Å². The van der Waals surface area contributed by atoms with Gasteiger partial charge < -0.3 is 25.8 Å². The van der Waals surface area contributed by atoms with Crippen LogP contribution in [0.25, 0.3) is 0 Å². The molecule has 6 nitrogen and oxygen atoms in total. The summed E-state index contributed by atoms with van der Waals surface area (Å²) in [6, 6.07) is 0. The van der Waals surface area contributed by atoms with Crippen molar-refractivity contribution >= 4 is 0 Å². The lowest BCUT2D eigenvalue weighted by atomic mass is 10.1. The van der Waals surface area contributed by atoms with Crippen molar-refractivity contribution in [3.63, 3.8) is 0 Å². The Balaban J connectivity index is 2.71. The van der Waals surface area contributed by atoms with Crippen LogP contribution in [0, 0.1) is 0 Å². The molecule has 66 valence electrons. The Labute approximate surface area is 63.4 Å². The summed E-state index contributed by atoms with van der Waals surface area (Å²) >= 11 is 0. The predicted octanol–water partition coefficient (Wildman–Crippen LogP) is -3.33. The molecule has 0 aromatic carbocycles. The summed E-state index contributed by atoms with van der Waals surface area (Å²) in [6.45, 7) is -0.422. The highest BCUT2D eigenvalue weighted by Crippen LogP contribution is 2.23. The zero-order chi connectivity index (χ0) is 8.65. The fraction of sp³-hybridized carbons (Fsp3) is 1.00. The maximum absolute atomic E-state index is 9.20. The summed E-state index contributed by atoms with van der Waals surface area (Å²) < 4.78 is 4.74. The summed E-state index contributed by atoms with van der Waals surface area (Å²) in [5.74, 6) is 0. The quantitative estimate of drug-likeness (QED) is 0.258. The molecule has 1 aliphatic heterocycles. The lowest BCUT2D eigenvalue weighted by molar-refractivity contribution is -0.0707. The molecule has 6 heteroatoms. The second-order valence-electron chi connectivity index (χ2n) is 2.61. The van der Waals surface area contributed by atoms with E-state index in [9.17, 15) is 5.11 Å². The van der Waals surface area contributed by atoms with E-state index in [1.165, 1.54) is 0 Å². The van der Waals surface area contributed by atoms with Crippen LogP contribution in [0.1, 0.15) is 0 Å². The van der Waals surface area contributed by atoms with Crippen molar-refractivity contribution in [2.75, 3.05) is 6.61 Å². The molecule has 0 aromatic heterocycles. The van der Waals surface area contributed by atoms with Crippen molar-refractivity contribution in [1.29, 1.82) is 0 Å². The van der Waals surface area contributed by atoms with Crippen LogP contribution in [0.3, 0.4) is 0 Å². The van der Waals surface area contributed by atoms with Gasteiger partial charge >= 0.3 is 0 Å². The molecule has 7 N–H and O–H groups in total. The average molecular weight is 164 g/mol. The van der Waals surface area contributed by atoms with Crippen LogP contribution in [-0.2, 0) is 4.74 Å². The molecule has 0 amide bonds. The molecule has 1 rings (SSSR count). The van der Waals surface area contributed by atoms with Gasteiger partial charge in [-0.1, -0.05) is 0 Å². The lowest BCUT2D eigenvalue weighted by Gasteiger charge is -2.23. The topological polar surface area (TPSA) is 122 Å². The molecule has 1 fully saturated rings. The van der Waals surface area contributed by atoms with E-state index in [4.69, 9.17) is 26.4 Å². The highest BCUT2D eigenvalue weighted by Gasteiger charge is 2.50. The zero-order valence-corrected chi connectivity index (χ0v) is 5.84. The normalized spacial score (nSPS) is 51.5. The van der Waals surface area contributed by atoms with Crippen LogP contribution in [0.5, 0.6) is 0 Å². The largest absolute Gasteiger partial charge is 0.394 e. The maximum Gasteiger partial charge on any atom is 0.182 e. The standard InChI is InChI=1S/C5H12N2O4/c6-4-5(7,10)3(9)2(1-8)11-4/h2-4,8-10H,1,6-7H2/t2-,3-,4?,5-/m1/s1. The molecule has 1 aliphatic rings. The molecule has 0 aliphatic carbocycles. The molecule has 0 aromatic rings. The molecule has 4 atom stereocenters. The van der Waals surface area contributed by atoms with Crippen LogP contribution in [0.2, 0.25) is 0 Å². The number of nitrogens with two attached hydrogens (primary N) is 2. The van der Waals surface area contributed by atoms with E-state index in [1.807, 2.05) is 0 Å². The molecule has 1 unspecified atom stereocenters. The van der Waals surface area contributed by atoms with Crippen LogP contribution in [-0.4, -0.2) is 46.1 Å². The first-order valence-electron chi connectivity index (χ1n) is 3.21. The van der Waals surface area contributed by atoms with Gasteiger partial charge in [-0.25, -0.2) is 0 Å². The predicted molar refractivity (Wildman–Crippen MR) is 35.1 cm³/mol. The second-order valence-corrected chi connectivity index (χ2v) is 2.61. The molecule has 11 heavy (non-hydrogen) atoms. The number of hydrogen-bond acceptors (Lipinski definition) is 6. The Kier molecular flexibility index (Phi) is 2.15. The Hall–Kier alpha value is -0.240. The third-order valence-corrected chi connectivity index (χ3v) is 1.78. The van der Waals surface area contributed by atoms with Gasteiger partial charge in [-0.2, -0.15) is 0 Å². The number of aliphatic hydroxyl groups is 3. The summed E-state index contributed by atoms with van der Waals surface area (Å²) in [5, 5.41) is 26.9. The fourth-order valence-electron chi connectivity index (χ4n) is 0.981. The number of ether oxygens (including phenoxy) is 1. The molecule has 0 spiro atoms. The zero-order valence-electron chi connectivity index (χ0n) is 5.84. The fourth-order valence-corrected chi connectivity index (χ4v) is 0.981. The van der Waals surface area contributed by atoms with Crippen LogP contribution >= 0.6 is 0 Å². The molecule has 1 saturated heterocycles. The van der Waals surface area contributed by atoms with Gasteiger partial charge in [-0.05, 0) is 0 Å². The first-order valence-corrected chi connectivity index (χ1v) is 3.21. The highest BCUT2D eigenvalue weighted by atomic mass is 16.6. The SMILES string of the molecule is NC1O[C@H](CO)[C@@H](O)[C@@]1(N)O. The van der Waals surface area contributed by atoms with E-state index in [-0.39, 0.29) is 0 Å². The van der Waals surface area contributed by atoms with E-state index in [0.717, 1.165) is 0 Å². The molecular formula is C5H12N2O4. The minimum absolute atomic E-state index is 0.422. The Morgan fingerprint density at radius 2 is 2.09 bits per heavy atom. The third-order valence-electron chi connectivity index (χ3n) is 1.78. The summed E-state index contributed by atoms with van der Waals surface area (Å²) in [5.41, 5.74) is 8.41. The van der Waals surface area contributed by atoms with E-state index < -0.39 is 30.8 Å². The van der Waals surface area contributed by atoms with Gasteiger partial charge in [0.1, 0.15) is 12.2 Å². The third kappa shape index (κ3) is 1.24. The van der Waals surface area contributed by atoms with Gasteiger partial charge in [0.25, 0.3) is 0 Å². The summed E-state index contributed by atoms with van der Waals surface area (Å²) in [6.07, 6.45) is -3.41. The van der Waals surface area contributed by atoms with E-state index in [1.54, 1.807) is 0 Å². The molecule has 1 heterocycles. The van der Waals surface area contributed by atoms with Crippen molar-refractivity contribution in [1.82, 2.24) is 0 Å². The number of hydrogen-bond donors (Lipinski definition) is 5. The van der Waals surface area contributed by atoms with E-state index in [0.29, 0.717) is 0 Å². The van der Waals surface area contributed by atoms with Crippen LogP contribution in [0.15, 0.2) is 0 Å².